The van der Waals surface area contributed by atoms with Crippen molar-refractivity contribution in [3.05, 3.63) is 41.5 Å². The Kier molecular flexibility index (Phi) is 6.85. The van der Waals surface area contributed by atoms with Crippen LogP contribution in [-0.4, -0.2) is 40.8 Å². The molecule has 0 aromatic heterocycles. The predicted octanol–water partition coefficient (Wildman–Crippen LogP) is 1.99. The molecule has 0 aliphatic rings. The van der Waals surface area contributed by atoms with E-state index in [-0.39, 0.29) is 6.61 Å². The normalized spacial score (nSPS) is 11.3. The average Bonchev–Trinajstić information content (AvgIpc) is 2.42. The van der Waals surface area contributed by atoms with Crippen molar-refractivity contribution in [1.29, 1.82) is 0 Å². The molecular weight excluding hydrogens is 242 g/mol. The quantitative estimate of drug-likeness (QED) is 0.704. The first kappa shape index (κ1) is 15.4. The average molecular weight is 263 g/mol. The molecule has 104 valence electrons. The molecule has 0 saturated heterocycles. The molecule has 0 fully saturated rings. The number of carbonyl (C=O) groups is 1. The minimum atomic E-state index is -0.940. The first-order valence-electron chi connectivity index (χ1n) is 6.49. The number of benzene rings is 1. The molecule has 4 heteroatoms. The third-order valence-electron chi connectivity index (χ3n) is 2.88. The van der Waals surface area contributed by atoms with Crippen molar-refractivity contribution in [2.24, 2.45) is 0 Å². The molecule has 0 aliphatic carbocycles. The Bertz CT molecular complexity index is 412. The largest absolute Gasteiger partial charge is 0.478 e. The highest BCUT2D eigenvalue weighted by Gasteiger charge is 2.03. The molecule has 0 aliphatic heterocycles. The molecule has 0 saturated carbocycles. The van der Waals surface area contributed by atoms with Gasteiger partial charge >= 0.3 is 5.97 Å². The van der Waals surface area contributed by atoms with Crippen molar-refractivity contribution in [3.63, 3.8) is 0 Å². The Morgan fingerprint density at radius 1 is 1.32 bits per heavy atom. The van der Waals surface area contributed by atoms with Gasteiger partial charge in [0.2, 0.25) is 0 Å². The van der Waals surface area contributed by atoms with Gasteiger partial charge in [0.1, 0.15) is 0 Å². The van der Waals surface area contributed by atoms with E-state index in [1.54, 1.807) is 6.08 Å². The Balaban J connectivity index is 2.57. The van der Waals surface area contributed by atoms with Gasteiger partial charge in [-0.15, -0.1) is 0 Å². The summed E-state index contributed by atoms with van der Waals surface area (Å²) >= 11 is 0. The maximum atomic E-state index is 10.4. The van der Waals surface area contributed by atoms with E-state index >= 15 is 0 Å². The van der Waals surface area contributed by atoms with Crippen LogP contribution in [0, 0.1) is 0 Å². The van der Waals surface area contributed by atoms with E-state index in [1.807, 2.05) is 24.3 Å². The van der Waals surface area contributed by atoms with Crippen molar-refractivity contribution >= 4 is 12.0 Å². The number of hydrogen-bond donors (Lipinski definition) is 2. The number of rotatable bonds is 8. The predicted molar refractivity (Wildman–Crippen MR) is 75.8 cm³/mol. The molecule has 1 rings (SSSR count). The van der Waals surface area contributed by atoms with E-state index in [0.29, 0.717) is 0 Å². The number of nitrogens with zero attached hydrogens (tertiary/aromatic N) is 1. The summed E-state index contributed by atoms with van der Waals surface area (Å²) in [6, 6.07) is 7.83. The smallest absolute Gasteiger partial charge is 0.328 e. The molecule has 1 aromatic carbocycles. The topological polar surface area (TPSA) is 60.8 Å². The zero-order valence-electron chi connectivity index (χ0n) is 11.2. The van der Waals surface area contributed by atoms with E-state index in [4.69, 9.17) is 10.2 Å². The summed E-state index contributed by atoms with van der Waals surface area (Å²) in [5, 5.41) is 17.4. The Labute approximate surface area is 114 Å². The zero-order valence-corrected chi connectivity index (χ0v) is 11.2. The number of carboxylic acids is 1. The Morgan fingerprint density at radius 3 is 2.53 bits per heavy atom. The van der Waals surface area contributed by atoms with Crippen molar-refractivity contribution in [3.8, 4) is 0 Å². The minimum Gasteiger partial charge on any atom is -0.478 e. The number of aliphatic carboxylic acids is 1. The molecule has 0 heterocycles. The highest BCUT2D eigenvalue weighted by Crippen LogP contribution is 2.09. The molecule has 0 unspecified atom stereocenters. The van der Waals surface area contributed by atoms with Crippen LogP contribution in [-0.2, 0) is 11.3 Å². The summed E-state index contributed by atoms with van der Waals surface area (Å²) in [6.45, 7) is 4.99. The van der Waals surface area contributed by atoms with Crippen molar-refractivity contribution in [2.45, 2.75) is 19.9 Å². The van der Waals surface area contributed by atoms with Crippen molar-refractivity contribution in [1.82, 2.24) is 4.90 Å². The monoisotopic (exact) mass is 263 g/mol. The second-order valence-electron chi connectivity index (χ2n) is 4.36. The van der Waals surface area contributed by atoms with Crippen LogP contribution in [0.4, 0.5) is 0 Å². The molecule has 0 radical (unpaired) electrons. The first-order chi connectivity index (χ1) is 9.15. The van der Waals surface area contributed by atoms with E-state index in [2.05, 4.69) is 11.8 Å². The molecule has 19 heavy (non-hydrogen) atoms. The summed E-state index contributed by atoms with van der Waals surface area (Å²) in [4.78, 5) is 12.7. The van der Waals surface area contributed by atoms with Gasteiger partial charge in [-0.25, -0.2) is 4.79 Å². The molecule has 0 spiro atoms. The summed E-state index contributed by atoms with van der Waals surface area (Å²) in [5.41, 5.74) is 2.07. The second-order valence-corrected chi connectivity index (χ2v) is 4.36. The summed E-state index contributed by atoms with van der Waals surface area (Å²) in [7, 11) is 0. The number of hydrogen-bond acceptors (Lipinski definition) is 3. The van der Waals surface area contributed by atoms with Crippen molar-refractivity contribution < 1.29 is 15.0 Å². The molecule has 0 amide bonds. The van der Waals surface area contributed by atoms with E-state index in [0.717, 1.165) is 37.7 Å². The summed E-state index contributed by atoms with van der Waals surface area (Å²) < 4.78 is 0. The second kappa shape index (κ2) is 8.45. The third-order valence-corrected chi connectivity index (χ3v) is 2.88. The SMILES string of the molecule is CCN(CCCO)Cc1ccc(/C=C/C(=O)O)cc1. The van der Waals surface area contributed by atoms with Gasteiger partial charge in [0, 0.05) is 25.8 Å². The van der Waals surface area contributed by atoms with Gasteiger partial charge in [-0.3, -0.25) is 4.90 Å². The molecule has 2 N–H and O–H groups in total. The third kappa shape index (κ3) is 6.18. The van der Waals surface area contributed by atoms with Crippen LogP contribution in [0.3, 0.4) is 0 Å². The lowest BCUT2D eigenvalue weighted by Crippen LogP contribution is -2.24. The number of aliphatic hydroxyl groups excluding tert-OH is 1. The van der Waals surface area contributed by atoms with Crippen LogP contribution >= 0.6 is 0 Å². The zero-order chi connectivity index (χ0) is 14.1. The highest BCUT2D eigenvalue weighted by molar-refractivity contribution is 5.85. The van der Waals surface area contributed by atoms with Gasteiger partial charge < -0.3 is 10.2 Å². The molecular formula is C15H21NO3. The Morgan fingerprint density at radius 2 is 2.00 bits per heavy atom. The standard InChI is InChI=1S/C15H21NO3/c1-2-16(10-3-11-17)12-14-6-4-13(5-7-14)8-9-15(18)19/h4-9,17H,2-3,10-12H2,1H3,(H,18,19)/b9-8+. The molecule has 0 atom stereocenters. The lowest BCUT2D eigenvalue weighted by atomic mass is 10.1. The molecule has 4 nitrogen and oxygen atoms in total. The van der Waals surface area contributed by atoms with Gasteiger partial charge in [0.15, 0.2) is 0 Å². The van der Waals surface area contributed by atoms with Crippen LogP contribution in [0.1, 0.15) is 24.5 Å². The van der Waals surface area contributed by atoms with E-state index < -0.39 is 5.97 Å². The van der Waals surface area contributed by atoms with Gasteiger partial charge in [-0.1, -0.05) is 31.2 Å². The molecule has 1 aromatic rings. The maximum absolute atomic E-state index is 10.4. The van der Waals surface area contributed by atoms with Gasteiger partial charge in [-0.05, 0) is 30.2 Å². The first-order valence-corrected chi connectivity index (χ1v) is 6.49. The van der Waals surface area contributed by atoms with E-state index in [1.165, 1.54) is 5.56 Å². The number of carboxylic acid groups (broad SMARTS) is 1. The van der Waals surface area contributed by atoms with Crippen molar-refractivity contribution in [2.75, 3.05) is 19.7 Å². The fourth-order valence-corrected chi connectivity index (χ4v) is 1.80. The minimum absolute atomic E-state index is 0.218. The van der Waals surface area contributed by atoms with E-state index in [9.17, 15) is 4.79 Å². The van der Waals surface area contributed by atoms with Gasteiger partial charge in [0.25, 0.3) is 0 Å². The van der Waals surface area contributed by atoms with Crippen LogP contribution in [0.2, 0.25) is 0 Å². The lowest BCUT2D eigenvalue weighted by Gasteiger charge is -2.19. The number of aliphatic hydroxyl groups is 1. The van der Waals surface area contributed by atoms with Gasteiger partial charge in [-0.2, -0.15) is 0 Å². The van der Waals surface area contributed by atoms with Crippen LogP contribution in [0.5, 0.6) is 0 Å². The fourth-order valence-electron chi connectivity index (χ4n) is 1.80. The van der Waals surface area contributed by atoms with Crippen LogP contribution in [0.15, 0.2) is 30.3 Å². The maximum Gasteiger partial charge on any atom is 0.328 e. The fraction of sp³-hybridized carbons (Fsp3) is 0.400. The van der Waals surface area contributed by atoms with Crippen LogP contribution in [0.25, 0.3) is 6.08 Å². The Hall–Kier alpha value is -1.65. The highest BCUT2D eigenvalue weighted by atomic mass is 16.4. The van der Waals surface area contributed by atoms with Gasteiger partial charge in [0.05, 0.1) is 0 Å². The molecule has 0 bridgehead atoms. The van der Waals surface area contributed by atoms with Crippen LogP contribution < -0.4 is 0 Å². The summed E-state index contributed by atoms with van der Waals surface area (Å²) in [5.74, 6) is -0.940. The lowest BCUT2D eigenvalue weighted by molar-refractivity contribution is -0.131. The summed E-state index contributed by atoms with van der Waals surface area (Å²) in [6.07, 6.45) is 3.50.